The SMILES string of the molecule is O=C(COC(=O)c1ccccc1[N+](=O)[O-])Nc1cccc2nsnc12. The number of hydrogen-bond acceptors (Lipinski definition) is 8. The van der Waals surface area contributed by atoms with Crippen molar-refractivity contribution in [1.82, 2.24) is 8.75 Å². The van der Waals surface area contributed by atoms with E-state index in [1.54, 1.807) is 18.2 Å². The number of rotatable bonds is 5. The van der Waals surface area contributed by atoms with Gasteiger partial charge < -0.3 is 10.1 Å². The number of aromatic nitrogens is 2. The molecule has 2 aromatic carbocycles. The third-order valence-electron chi connectivity index (χ3n) is 3.22. The van der Waals surface area contributed by atoms with E-state index in [4.69, 9.17) is 4.74 Å². The highest BCUT2D eigenvalue weighted by Gasteiger charge is 2.21. The number of para-hydroxylation sites is 1. The molecule has 0 unspecified atom stereocenters. The molecule has 0 aliphatic carbocycles. The molecule has 0 saturated heterocycles. The van der Waals surface area contributed by atoms with E-state index < -0.39 is 23.4 Å². The first kappa shape index (κ1) is 16.5. The molecule has 0 saturated carbocycles. The van der Waals surface area contributed by atoms with Gasteiger partial charge in [-0.05, 0) is 18.2 Å². The summed E-state index contributed by atoms with van der Waals surface area (Å²) in [7, 11) is 0. The van der Waals surface area contributed by atoms with Gasteiger partial charge in [0.25, 0.3) is 11.6 Å². The predicted molar refractivity (Wildman–Crippen MR) is 89.4 cm³/mol. The van der Waals surface area contributed by atoms with Gasteiger partial charge in [0.15, 0.2) is 6.61 Å². The number of anilines is 1. The van der Waals surface area contributed by atoms with E-state index in [0.29, 0.717) is 16.7 Å². The molecule has 0 atom stereocenters. The molecule has 1 aromatic heterocycles. The molecule has 3 aromatic rings. The van der Waals surface area contributed by atoms with Crippen molar-refractivity contribution in [2.75, 3.05) is 11.9 Å². The van der Waals surface area contributed by atoms with Gasteiger partial charge in [0.2, 0.25) is 0 Å². The Morgan fingerprint density at radius 2 is 1.96 bits per heavy atom. The number of amides is 1. The molecule has 0 aliphatic rings. The first-order chi connectivity index (χ1) is 12.1. The van der Waals surface area contributed by atoms with Gasteiger partial charge in [-0.2, -0.15) is 8.75 Å². The molecule has 0 radical (unpaired) electrons. The molecule has 9 nitrogen and oxygen atoms in total. The van der Waals surface area contributed by atoms with Crippen LogP contribution in [0.5, 0.6) is 0 Å². The highest BCUT2D eigenvalue weighted by atomic mass is 32.1. The fourth-order valence-corrected chi connectivity index (χ4v) is 2.66. The summed E-state index contributed by atoms with van der Waals surface area (Å²) in [6, 6.07) is 10.5. The van der Waals surface area contributed by atoms with E-state index in [-0.39, 0.29) is 11.3 Å². The van der Waals surface area contributed by atoms with Crippen molar-refractivity contribution in [1.29, 1.82) is 0 Å². The second-order valence-corrected chi connectivity index (χ2v) is 5.36. The summed E-state index contributed by atoms with van der Waals surface area (Å²) in [5.41, 5.74) is 1.01. The smallest absolute Gasteiger partial charge is 0.345 e. The number of nitro groups is 1. The van der Waals surface area contributed by atoms with Gasteiger partial charge >= 0.3 is 5.97 Å². The first-order valence-electron chi connectivity index (χ1n) is 6.98. The first-order valence-corrected chi connectivity index (χ1v) is 7.71. The summed E-state index contributed by atoms with van der Waals surface area (Å²) in [4.78, 5) is 34.2. The Labute approximate surface area is 144 Å². The normalized spacial score (nSPS) is 10.4. The van der Waals surface area contributed by atoms with Gasteiger partial charge in [0.05, 0.1) is 22.3 Å². The van der Waals surface area contributed by atoms with E-state index in [1.807, 2.05) is 0 Å². The van der Waals surface area contributed by atoms with Gasteiger partial charge in [-0.25, -0.2) is 4.79 Å². The van der Waals surface area contributed by atoms with Crippen LogP contribution in [0.2, 0.25) is 0 Å². The largest absolute Gasteiger partial charge is 0.452 e. The average molecular weight is 358 g/mol. The number of ether oxygens (including phenoxy) is 1. The van der Waals surface area contributed by atoms with Gasteiger partial charge in [0.1, 0.15) is 16.6 Å². The van der Waals surface area contributed by atoms with Crippen LogP contribution in [0.4, 0.5) is 11.4 Å². The van der Waals surface area contributed by atoms with E-state index in [9.17, 15) is 19.7 Å². The summed E-state index contributed by atoms with van der Waals surface area (Å²) in [5, 5.41) is 13.5. The highest BCUT2D eigenvalue weighted by Crippen LogP contribution is 2.21. The molecular weight excluding hydrogens is 348 g/mol. The summed E-state index contributed by atoms with van der Waals surface area (Å²) in [6.07, 6.45) is 0. The number of hydrogen-bond donors (Lipinski definition) is 1. The van der Waals surface area contributed by atoms with Crippen LogP contribution in [-0.4, -0.2) is 32.2 Å². The minimum absolute atomic E-state index is 0.217. The van der Waals surface area contributed by atoms with Gasteiger partial charge in [0, 0.05) is 6.07 Å². The van der Waals surface area contributed by atoms with E-state index >= 15 is 0 Å². The van der Waals surface area contributed by atoms with Crippen molar-refractivity contribution < 1.29 is 19.2 Å². The molecular formula is C15H10N4O5S. The lowest BCUT2D eigenvalue weighted by Gasteiger charge is -2.07. The zero-order valence-electron chi connectivity index (χ0n) is 12.5. The van der Waals surface area contributed by atoms with Crippen LogP contribution in [0.15, 0.2) is 42.5 Å². The van der Waals surface area contributed by atoms with Crippen LogP contribution < -0.4 is 5.32 Å². The molecule has 25 heavy (non-hydrogen) atoms. The Morgan fingerprint density at radius 1 is 1.16 bits per heavy atom. The number of carbonyl (C=O) groups is 2. The summed E-state index contributed by atoms with van der Waals surface area (Å²) in [5.74, 6) is -1.54. The molecule has 0 fully saturated rings. The van der Waals surface area contributed by atoms with Crippen molar-refractivity contribution in [2.45, 2.75) is 0 Å². The van der Waals surface area contributed by atoms with Crippen LogP contribution in [0.3, 0.4) is 0 Å². The zero-order valence-corrected chi connectivity index (χ0v) is 13.4. The third kappa shape index (κ3) is 3.58. The summed E-state index contributed by atoms with van der Waals surface area (Å²) in [6.45, 7) is -0.584. The number of nitro benzene ring substituents is 1. The van der Waals surface area contributed by atoms with Crippen molar-refractivity contribution in [2.24, 2.45) is 0 Å². The average Bonchev–Trinajstić information content (AvgIpc) is 3.09. The minimum Gasteiger partial charge on any atom is -0.452 e. The number of nitrogens with zero attached hydrogens (tertiary/aromatic N) is 3. The maximum Gasteiger partial charge on any atom is 0.345 e. The molecule has 10 heteroatoms. The Balaban J connectivity index is 1.66. The monoisotopic (exact) mass is 358 g/mol. The molecule has 1 N–H and O–H groups in total. The van der Waals surface area contributed by atoms with Crippen molar-refractivity contribution in [3.63, 3.8) is 0 Å². The Kier molecular flexibility index (Phi) is 4.61. The quantitative estimate of drug-likeness (QED) is 0.422. The van der Waals surface area contributed by atoms with Crippen molar-refractivity contribution >= 4 is 46.0 Å². The number of benzene rings is 2. The van der Waals surface area contributed by atoms with Gasteiger partial charge in [-0.1, -0.05) is 18.2 Å². The second kappa shape index (κ2) is 7.01. The molecule has 0 bridgehead atoms. The zero-order chi connectivity index (χ0) is 17.8. The number of nitrogens with one attached hydrogen (secondary N) is 1. The fraction of sp³-hybridized carbons (Fsp3) is 0.0667. The van der Waals surface area contributed by atoms with Crippen molar-refractivity contribution in [3.8, 4) is 0 Å². The van der Waals surface area contributed by atoms with Gasteiger partial charge in [-0.15, -0.1) is 0 Å². The third-order valence-corrected chi connectivity index (χ3v) is 3.76. The lowest BCUT2D eigenvalue weighted by molar-refractivity contribution is -0.385. The molecule has 126 valence electrons. The van der Waals surface area contributed by atoms with E-state index in [1.165, 1.54) is 24.3 Å². The van der Waals surface area contributed by atoms with E-state index in [2.05, 4.69) is 14.1 Å². The van der Waals surface area contributed by atoms with Crippen LogP contribution in [0.1, 0.15) is 10.4 Å². The van der Waals surface area contributed by atoms with Crippen LogP contribution in [0, 0.1) is 10.1 Å². The topological polar surface area (TPSA) is 124 Å². The molecule has 3 rings (SSSR count). The van der Waals surface area contributed by atoms with Gasteiger partial charge in [-0.3, -0.25) is 14.9 Å². The van der Waals surface area contributed by atoms with Crippen LogP contribution in [0.25, 0.3) is 11.0 Å². The molecule has 0 spiro atoms. The Hall–Kier alpha value is -3.40. The lowest BCUT2D eigenvalue weighted by atomic mass is 10.2. The number of carbonyl (C=O) groups excluding carboxylic acids is 2. The highest BCUT2D eigenvalue weighted by molar-refractivity contribution is 7.00. The number of fused-ring (bicyclic) bond motifs is 1. The molecule has 1 heterocycles. The minimum atomic E-state index is -0.948. The molecule has 0 aliphatic heterocycles. The Morgan fingerprint density at radius 3 is 2.76 bits per heavy atom. The van der Waals surface area contributed by atoms with Crippen molar-refractivity contribution in [3.05, 3.63) is 58.1 Å². The molecule has 1 amide bonds. The maximum absolute atomic E-state index is 12.0. The van der Waals surface area contributed by atoms with Crippen LogP contribution in [-0.2, 0) is 9.53 Å². The maximum atomic E-state index is 12.0. The number of esters is 1. The standard InChI is InChI=1S/C15H10N4O5S/c20-13(16-10-5-3-6-11-14(10)18-25-17-11)8-24-15(21)9-4-1-2-7-12(9)19(22)23/h1-7H,8H2,(H,16,20). The lowest BCUT2D eigenvalue weighted by Crippen LogP contribution is -2.21. The predicted octanol–water partition coefficient (Wildman–Crippen LogP) is 2.40. The van der Waals surface area contributed by atoms with E-state index in [0.717, 1.165) is 11.7 Å². The summed E-state index contributed by atoms with van der Waals surface area (Å²) < 4.78 is 13.0. The summed E-state index contributed by atoms with van der Waals surface area (Å²) >= 11 is 1.01. The Bertz CT molecular complexity index is 971. The second-order valence-electron chi connectivity index (χ2n) is 4.84. The van der Waals surface area contributed by atoms with Crippen LogP contribution >= 0.6 is 11.7 Å². The fourth-order valence-electron chi connectivity index (χ4n) is 2.11.